The van der Waals surface area contributed by atoms with Gasteiger partial charge in [-0.15, -0.1) is 10.2 Å². The molecule has 5 heteroatoms. The number of halogens is 1. The van der Waals surface area contributed by atoms with Crippen molar-refractivity contribution in [2.24, 2.45) is 0 Å². The summed E-state index contributed by atoms with van der Waals surface area (Å²) in [6.07, 6.45) is 0. The predicted octanol–water partition coefficient (Wildman–Crippen LogP) is 0.875. The van der Waals surface area contributed by atoms with Crippen molar-refractivity contribution in [3.63, 3.8) is 0 Å². The van der Waals surface area contributed by atoms with Crippen molar-refractivity contribution in [2.45, 2.75) is 6.92 Å². The fraction of sp³-hybridized carbons (Fsp3) is 0.400. The largest absolute Gasteiger partial charge is 0.356 e. The second-order valence-electron chi connectivity index (χ2n) is 1.76. The second-order valence-corrected chi connectivity index (χ2v) is 2.12. The summed E-state index contributed by atoms with van der Waals surface area (Å²) in [5.74, 6) is 0.488. The molecule has 1 heterocycles. The van der Waals surface area contributed by atoms with Crippen LogP contribution in [0, 0.1) is 6.92 Å². The van der Waals surface area contributed by atoms with Crippen LogP contribution in [0.5, 0.6) is 0 Å². The van der Waals surface area contributed by atoms with Crippen molar-refractivity contribution in [1.82, 2.24) is 15.2 Å². The average molecular weight is 159 g/mol. The summed E-state index contributed by atoms with van der Waals surface area (Å²) in [6.45, 7) is 1.78. The van der Waals surface area contributed by atoms with Crippen LogP contribution in [0.25, 0.3) is 0 Å². The van der Waals surface area contributed by atoms with Crippen LogP contribution in [-0.2, 0) is 0 Å². The minimum Gasteiger partial charge on any atom is -0.356 e. The molecule has 0 aliphatic heterocycles. The van der Waals surface area contributed by atoms with E-state index in [0.29, 0.717) is 16.8 Å². The summed E-state index contributed by atoms with van der Waals surface area (Å²) < 4.78 is 0. The zero-order valence-corrected chi connectivity index (χ0v) is 6.48. The van der Waals surface area contributed by atoms with E-state index < -0.39 is 0 Å². The third-order valence-corrected chi connectivity index (χ3v) is 1.38. The fourth-order valence-corrected chi connectivity index (χ4v) is 0.577. The van der Waals surface area contributed by atoms with Gasteiger partial charge in [0, 0.05) is 7.05 Å². The summed E-state index contributed by atoms with van der Waals surface area (Å²) in [6, 6.07) is 0. The van der Waals surface area contributed by atoms with Crippen molar-refractivity contribution in [3.05, 3.63) is 10.8 Å². The van der Waals surface area contributed by atoms with Gasteiger partial charge in [-0.3, -0.25) is 0 Å². The number of hydrogen-bond donors (Lipinski definition) is 1. The van der Waals surface area contributed by atoms with Crippen molar-refractivity contribution >= 4 is 17.5 Å². The molecule has 1 aromatic rings. The van der Waals surface area contributed by atoms with Crippen molar-refractivity contribution in [3.8, 4) is 0 Å². The van der Waals surface area contributed by atoms with E-state index in [1.54, 1.807) is 14.0 Å². The van der Waals surface area contributed by atoms with E-state index in [9.17, 15) is 0 Å². The zero-order chi connectivity index (χ0) is 7.56. The van der Waals surface area contributed by atoms with E-state index in [2.05, 4.69) is 20.5 Å². The fourth-order valence-electron chi connectivity index (χ4n) is 0.497. The second kappa shape index (κ2) is 2.79. The minimum atomic E-state index is 0.346. The van der Waals surface area contributed by atoms with Gasteiger partial charge in [-0.2, -0.15) is 0 Å². The molecule has 1 rings (SSSR count). The Kier molecular flexibility index (Phi) is 2.01. The molecule has 0 fully saturated rings. The third-order valence-electron chi connectivity index (χ3n) is 1.03. The van der Waals surface area contributed by atoms with Crippen LogP contribution in [0.15, 0.2) is 0 Å². The van der Waals surface area contributed by atoms with E-state index in [1.165, 1.54) is 0 Å². The highest BCUT2D eigenvalue weighted by atomic mass is 35.5. The highest BCUT2D eigenvalue weighted by molar-refractivity contribution is 6.29. The van der Waals surface area contributed by atoms with Crippen LogP contribution in [0.1, 0.15) is 5.69 Å². The third kappa shape index (κ3) is 1.33. The monoisotopic (exact) mass is 158 g/mol. The summed E-state index contributed by atoms with van der Waals surface area (Å²) in [5, 5.41) is 10.4. The van der Waals surface area contributed by atoms with Gasteiger partial charge >= 0.3 is 0 Å². The molecular weight excluding hydrogens is 152 g/mol. The Bertz CT molecular complexity index is 237. The van der Waals surface area contributed by atoms with Gasteiger partial charge in [-0.25, -0.2) is 4.98 Å². The summed E-state index contributed by atoms with van der Waals surface area (Å²) in [4.78, 5) is 3.97. The highest BCUT2D eigenvalue weighted by Crippen LogP contribution is 2.07. The molecule has 54 valence electrons. The van der Waals surface area contributed by atoms with Crippen LogP contribution >= 0.6 is 11.6 Å². The van der Waals surface area contributed by atoms with Crippen LogP contribution in [0.4, 0.5) is 5.95 Å². The van der Waals surface area contributed by atoms with E-state index in [1.807, 2.05) is 0 Å². The molecule has 0 spiro atoms. The molecule has 0 bridgehead atoms. The van der Waals surface area contributed by atoms with Crippen molar-refractivity contribution in [1.29, 1.82) is 0 Å². The molecule has 1 N–H and O–H groups in total. The summed E-state index contributed by atoms with van der Waals surface area (Å²) >= 11 is 5.57. The van der Waals surface area contributed by atoms with E-state index in [0.717, 1.165) is 0 Å². The van der Waals surface area contributed by atoms with Crippen LogP contribution in [0.3, 0.4) is 0 Å². The lowest BCUT2D eigenvalue weighted by molar-refractivity contribution is 0.945. The molecule has 0 amide bonds. The summed E-state index contributed by atoms with van der Waals surface area (Å²) in [5.41, 5.74) is 0.681. The number of nitrogens with zero attached hydrogens (tertiary/aromatic N) is 3. The van der Waals surface area contributed by atoms with E-state index in [4.69, 9.17) is 11.6 Å². The minimum absolute atomic E-state index is 0.346. The maximum Gasteiger partial charge on any atom is 0.242 e. The number of hydrogen-bond acceptors (Lipinski definition) is 4. The van der Waals surface area contributed by atoms with Gasteiger partial charge in [0.25, 0.3) is 0 Å². The quantitative estimate of drug-likeness (QED) is 0.659. The molecule has 0 unspecified atom stereocenters. The number of nitrogens with one attached hydrogen (secondary N) is 1. The van der Waals surface area contributed by atoms with Gasteiger partial charge in [0.15, 0.2) is 5.15 Å². The van der Waals surface area contributed by atoms with Gasteiger partial charge in [0.05, 0.1) is 5.69 Å². The van der Waals surface area contributed by atoms with Gasteiger partial charge in [-0.05, 0) is 6.92 Å². The van der Waals surface area contributed by atoms with Crippen LogP contribution < -0.4 is 5.32 Å². The smallest absolute Gasteiger partial charge is 0.242 e. The van der Waals surface area contributed by atoms with Gasteiger partial charge in [0.2, 0.25) is 5.95 Å². The molecule has 1 aromatic heterocycles. The first kappa shape index (κ1) is 7.21. The Labute approximate surface area is 63.6 Å². The normalized spacial score (nSPS) is 9.50. The van der Waals surface area contributed by atoms with E-state index >= 15 is 0 Å². The summed E-state index contributed by atoms with van der Waals surface area (Å²) in [7, 11) is 1.73. The van der Waals surface area contributed by atoms with Crippen molar-refractivity contribution in [2.75, 3.05) is 12.4 Å². The lowest BCUT2D eigenvalue weighted by atomic mass is 10.5. The molecule has 10 heavy (non-hydrogen) atoms. The molecule has 0 aliphatic rings. The lowest BCUT2D eigenvalue weighted by Gasteiger charge is -1.97. The highest BCUT2D eigenvalue weighted by Gasteiger charge is 1.98. The molecule has 0 aliphatic carbocycles. The number of rotatable bonds is 1. The Morgan fingerprint density at radius 1 is 1.40 bits per heavy atom. The first-order chi connectivity index (χ1) is 4.74. The molecule has 0 atom stereocenters. The Hall–Kier alpha value is -0.900. The van der Waals surface area contributed by atoms with Crippen LogP contribution in [-0.4, -0.2) is 22.2 Å². The Balaban J connectivity index is 3.04. The Morgan fingerprint density at radius 3 is 2.60 bits per heavy atom. The van der Waals surface area contributed by atoms with Gasteiger partial charge in [0.1, 0.15) is 0 Å². The molecular formula is C5H7ClN4. The topological polar surface area (TPSA) is 50.7 Å². The van der Waals surface area contributed by atoms with Crippen LogP contribution in [0.2, 0.25) is 5.15 Å². The maximum absolute atomic E-state index is 5.57. The average Bonchev–Trinajstić information content (AvgIpc) is 1.95. The maximum atomic E-state index is 5.57. The van der Waals surface area contributed by atoms with Gasteiger partial charge in [-0.1, -0.05) is 11.6 Å². The predicted molar refractivity (Wildman–Crippen MR) is 39.1 cm³/mol. The lowest BCUT2D eigenvalue weighted by Crippen LogP contribution is -2.00. The molecule has 0 saturated carbocycles. The molecule has 0 aromatic carbocycles. The zero-order valence-electron chi connectivity index (χ0n) is 5.72. The Morgan fingerprint density at radius 2 is 2.10 bits per heavy atom. The number of anilines is 1. The standard InChI is InChI=1S/C5H7ClN4/c1-3-4(6)9-10-5(7-2)8-3/h1-2H3,(H,7,8,10). The molecule has 0 saturated heterocycles. The first-order valence-electron chi connectivity index (χ1n) is 2.78. The van der Waals surface area contributed by atoms with Gasteiger partial charge < -0.3 is 5.32 Å². The van der Waals surface area contributed by atoms with E-state index in [-0.39, 0.29) is 0 Å². The van der Waals surface area contributed by atoms with Crippen molar-refractivity contribution < 1.29 is 0 Å². The number of aryl methyl sites for hydroxylation is 1. The molecule has 0 radical (unpaired) electrons. The first-order valence-corrected chi connectivity index (χ1v) is 3.16. The number of aromatic nitrogens is 3. The molecule has 4 nitrogen and oxygen atoms in total. The SMILES string of the molecule is CNc1nnc(Cl)c(C)n1.